The van der Waals surface area contributed by atoms with Crippen LogP contribution in [0.5, 0.6) is 0 Å². The van der Waals surface area contributed by atoms with Crippen molar-refractivity contribution in [1.82, 2.24) is 0 Å². The quantitative estimate of drug-likeness (QED) is 0.670. The van der Waals surface area contributed by atoms with Gasteiger partial charge in [0, 0.05) is 11.6 Å². The van der Waals surface area contributed by atoms with Gasteiger partial charge in [0.15, 0.2) is 0 Å². The van der Waals surface area contributed by atoms with Crippen LogP contribution in [0.1, 0.15) is 11.6 Å². The minimum atomic E-state index is -0.478. The summed E-state index contributed by atoms with van der Waals surface area (Å²) in [6.45, 7) is 0. The Bertz CT molecular complexity index is 410. The van der Waals surface area contributed by atoms with Gasteiger partial charge in [-0.1, -0.05) is 18.2 Å². The maximum absolute atomic E-state index is 13.3. The van der Waals surface area contributed by atoms with E-state index in [9.17, 15) is 9.18 Å². The molecule has 1 aliphatic heterocycles. The minimum absolute atomic E-state index is 0.338. The Morgan fingerprint density at radius 3 is 2.71 bits per heavy atom. The summed E-state index contributed by atoms with van der Waals surface area (Å²) in [5.41, 5.74) is 0.431. The van der Waals surface area contributed by atoms with Crippen molar-refractivity contribution in [3.8, 4) is 0 Å². The minimum Gasteiger partial charge on any atom is -0.266 e. The maximum atomic E-state index is 13.3. The number of azo groups is 1. The fourth-order valence-corrected chi connectivity index (χ4v) is 1.25. The summed E-state index contributed by atoms with van der Waals surface area (Å²) in [4.78, 5) is 10.7. The summed E-state index contributed by atoms with van der Waals surface area (Å²) in [7, 11) is 0. The highest BCUT2D eigenvalue weighted by atomic mass is 19.1. The van der Waals surface area contributed by atoms with Crippen LogP contribution in [0.25, 0.3) is 0 Å². The van der Waals surface area contributed by atoms with Crippen molar-refractivity contribution in [3.63, 3.8) is 0 Å². The normalized spacial score (nSPS) is 20.1. The van der Waals surface area contributed by atoms with Crippen LogP contribution in [-0.4, -0.2) is 5.91 Å². The van der Waals surface area contributed by atoms with E-state index in [4.69, 9.17) is 0 Å². The Hall–Kier alpha value is -1.84. The molecule has 1 unspecified atom stereocenters. The largest absolute Gasteiger partial charge is 0.287 e. The molecule has 0 aliphatic carbocycles. The molecule has 3 nitrogen and oxygen atoms in total. The number of nitrogens with zero attached hydrogens (tertiary/aromatic N) is 2. The van der Waals surface area contributed by atoms with E-state index in [0.717, 1.165) is 0 Å². The van der Waals surface area contributed by atoms with Crippen molar-refractivity contribution < 1.29 is 9.18 Å². The van der Waals surface area contributed by atoms with Gasteiger partial charge in [0.2, 0.25) is 0 Å². The molecule has 0 aromatic heterocycles. The molecule has 0 spiro atoms. The van der Waals surface area contributed by atoms with Crippen molar-refractivity contribution in [2.45, 2.75) is 6.04 Å². The van der Waals surface area contributed by atoms with Gasteiger partial charge in [0.25, 0.3) is 5.91 Å². The SMILES string of the molecule is O=C1C=CC(c2ccccc2F)N=N1. The molecule has 4 heteroatoms. The van der Waals surface area contributed by atoms with E-state index in [2.05, 4.69) is 10.2 Å². The van der Waals surface area contributed by atoms with Gasteiger partial charge in [-0.25, -0.2) is 4.39 Å². The maximum Gasteiger partial charge on any atom is 0.287 e. The van der Waals surface area contributed by atoms with E-state index in [1.807, 2.05) is 0 Å². The van der Waals surface area contributed by atoms with Crippen molar-refractivity contribution in [2.75, 3.05) is 0 Å². The van der Waals surface area contributed by atoms with Crippen LogP contribution >= 0.6 is 0 Å². The summed E-state index contributed by atoms with van der Waals surface area (Å²) in [5, 5.41) is 7.05. The molecule has 0 radical (unpaired) electrons. The van der Waals surface area contributed by atoms with Gasteiger partial charge in [-0.2, -0.15) is 5.11 Å². The Morgan fingerprint density at radius 1 is 1.29 bits per heavy atom. The highest BCUT2D eigenvalue weighted by Gasteiger charge is 2.14. The van der Waals surface area contributed by atoms with Gasteiger partial charge >= 0.3 is 0 Å². The van der Waals surface area contributed by atoms with E-state index < -0.39 is 11.9 Å². The van der Waals surface area contributed by atoms with Crippen LogP contribution in [0.15, 0.2) is 46.6 Å². The van der Waals surface area contributed by atoms with Crippen LogP contribution < -0.4 is 0 Å². The van der Waals surface area contributed by atoms with E-state index in [1.165, 1.54) is 18.2 Å². The Labute approximate surface area is 80.0 Å². The van der Waals surface area contributed by atoms with E-state index >= 15 is 0 Å². The van der Waals surface area contributed by atoms with Crippen molar-refractivity contribution in [3.05, 3.63) is 47.8 Å². The summed E-state index contributed by atoms with van der Waals surface area (Å²) in [6.07, 6.45) is 2.83. The molecule has 70 valence electrons. The van der Waals surface area contributed by atoms with Crippen molar-refractivity contribution in [2.24, 2.45) is 10.2 Å². The van der Waals surface area contributed by atoms with Crippen LogP contribution in [0.4, 0.5) is 4.39 Å². The predicted octanol–water partition coefficient (Wildman–Crippen LogP) is 2.42. The third-order valence-corrected chi connectivity index (χ3v) is 1.93. The molecule has 0 N–H and O–H groups in total. The number of hydrogen-bond acceptors (Lipinski definition) is 2. The number of carbonyl (C=O) groups is 1. The molecule has 0 fully saturated rings. The van der Waals surface area contributed by atoms with Gasteiger partial charge in [-0.05, 0) is 12.1 Å². The predicted molar refractivity (Wildman–Crippen MR) is 48.1 cm³/mol. The average Bonchev–Trinajstić information content (AvgIpc) is 2.20. The van der Waals surface area contributed by atoms with Crippen LogP contribution in [-0.2, 0) is 4.79 Å². The molecule has 1 aromatic carbocycles. The second kappa shape index (κ2) is 3.49. The summed E-state index contributed by atoms with van der Waals surface area (Å²) >= 11 is 0. The third kappa shape index (κ3) is 1.59. The molecule has 1 atom stereocenters. The lowest BCUT2D eigenvalue weighted by molar-refractivity contribution is -0.114. The lowest BCUT2D eigenvalue weighted by atomic mass is 10.1. The summed E-state index contributed by atoms with van der Waals surface area (Å²) in [6, 6.07) is 5.83. The number of rotatable bonds is 1. The lowest BCUT2D eigenvalue weighted by Gasteiger charge is -2.09. The second-order valence-corrected chi connectivity index (χ2v) is 2.88. The Kier molecular flexibility index (Phi) is 2.18. The first kappa shape index (κ1) is 8.74. The zero-order chi connectivity index (χ0) is 9.97. The average molecular weight is 190 g/mol. The molecular weight excluding hydrogens is 183 g/mol. The molecule has 0 saturated carbocycles. The van der Waals surface area contributed by atoms with Crippen LogP contribution in [0.2, 0.25) is 0 Å². The number of hydrogen-bond donors (Lipinski definition) is 0. The summed E-state index contributed by atoms with van der Waals surface area (Å²) < 4.78 is 13.3. The topological polar surface area (TPSA) is 41.8 Å². The third-order valence-electron chi connectivity index (χ3n) is 1.93. The summed E-state index contributed by atoms with van der Waals surface area (Å²) in [5.74, 6) is -0.743. The molecule has 0 saturated heterocycles. The van der Waals surface area contributed by atoms with Crippen molar-refractivity contribution >= 4 is 5.91 Å². The fraction of sp³-hybridized carbons (Fsp3) is 0.100. The zero-order valence-corrected chi connectivity index (χ0v) is 7.22. The molecule has 1 heterocycles. The Morgan fingerprint density at radius 2 is 2.07 bits per heavy atom. The Balaban J connectivity index is 2.33. The van der Waals surface area contributed by atoms with E-state index in [1.54, 1.807) is 18.2 Å². The van der Waals surface area contributed by atoms with Gasteiger partial charge in [-0.15, -0.1) is 5.11 Å². The molecule has 1 amide bonds. The highest BCUT2D eigenvalue weighted by Crippen LogP contribution is 2.24. The molecule has 1 aliphatic rings. The molecule has 2 rings (SSSR count). The fourth-order valence-electron chi connectivity index (χ4n) is 1.25. The van der Waals surface area contributed by atoms with Crippen molar-refractivity contribution in [1.29, 1.82) is 0 Å². The lowest BCUT2D eigenvalue weighted by Crippen LogP contribution is -2.01. The molecule has 1 aromatic rings. The van der Waals surface area contributed by atoms with Crippen LogP contribution in [0.3, 0.4) is 0 Å². The number of amides is 1. The first-order chi connectivity index (χ1) is 6.77. The number of halogens is 1. The van der Waals surface area contributed by atoms with E-state index in [0.29, 0.717) is 5.56 Å². The molecule has 0 bridgehead atoms. The van der Waals surface area contributed by atoms with E-state index in [-0.39, 0.29) is 5.82 Å². The zero-order valence-electron chi connectivity index (χ0n) is 7.22. The van der Waals surface area contributed by atoms with Gasteiger partial charge in [0.05, 0.1) is 0 Å². The van der Waals surface area contributed by atoms with Crippen LogP contribution in [0, 0.1) is 5.82 Å². The van der Waals surface area contributed by atoms with Gasteiger partial charge in [-0.3, -0.25) is 4.79 Å². The first-order valence-electron chi connectivity index (χ1n) is 4.15. The number of benzene rings is 1. The van der Waals surface area contributed by atoms with Gasteiger partial charge < -0.3 is 0 Å². The number of carbonyl (C=O) groups excluding carboxylic acids is 1. The standard InChI is InChI=1S/C10H7FN2O/c11-8-4-2-1-3-7(8)9-5-6-10(14)13-12-9/h1-6,9H. The second-order valence-electron chi connectivity index (χ2n) is 2.88. The smallest absolute Gasteiger partial charge is 0.266 e. The molecule has 14 heavy (non-hydrogen) atoms. The highest BCUT2D eigenvalue weighted by molar-refractivity contribution is 5.88. The first-order valence-corrected chi connectivity index (χ1v) is 4.15. The monoisotopic (exact) mass is 190 g/mol. The molecular formula is C10H7FN2O. The van der Waals surface area contributed by atoms with Gasteiger partial charge in [0.1, 0.15) is 11.9 Å².